The van der Waals surface area contributed by atoms with E-state index in [1.54, 1.807) is 0 Å². The second-order valence-electron chi connectivity index (χ2n) is 5.51. The first kappa shape index (κ1) is 13.5. The Morgan fingerprint density at radius 3 is 2.22 bits per heavy atom. The summed E-state index contributed by atoms with van der Waals surface area (Å²) < 4.78 is 2.55. The Kier molecular flexibility index (Phi) is 4.03. The monoisotopic (exact) mass is 243 g/mol. The van der Waals surface area contributed by atoms with E-state index in [9.17, 15) is 0 Å². The number of benzene rings is 1. The van der Waals surface area contributed by atoms with Crippen LogP contribution in [-0.2, 0) is 0 Å². The van der Waals surface area contributed by atoms with Crippen LogP contribution in [0.2, 0.25) is 13.6 Å². The van der Waals surface area contributed by atoms with Crippen molar-refractivity contribution in [2.45, 2.75) is 33.5 Å². The molecular weight excluding hydrogens is 220 g/mol. The van der Waals surface area contributed by atoms with Crippen molar-refractivity contribution < 1.29 is 0 Å². The summed E-state index contributed by atoms with van der Waals surface area (Å²) >= 11 is 0. The van der Waals surface area contributed by atoms with Gasteiger partial charge in [-0.15, -0.1) is 0 Å². The van der Waals surface area contributed by atoms with Crippen LogP contribution in [0, 0.1) is 0 Å². The third-order valence-corrected chi connectivity index (χ3v) is 4.01. The molecule has 0 atom stereocenters. The van der Waals surface area contributed by atoms with Crippen LogP contribution in [0.4, 0.5) is 5.69 Å². The number of anilines is 1. The molecule has 0 bridgehead atoms. The van der Waals surface area contributed by atoms with Gasteiger partial charge in [0.05, 0.1) is 6.67 Å². The van der Waals surface area contributed by atoms with Gasteiger partial charge in [-0.25, -0.2) is 0 Å². The molecule has 18 heavy (non-hydrogen) atoms. The van der Waals surface area contributed by atoms with Gasteiger partial charge >= 0.3 is 6.98 Å². The quantitative estimate of drug-likeness (QED) is 0.738. The summed E-state index contributed by atoms with van der Waals surface area (Å²) in [6.45, 7) is 11.0. The summed E-state index contributed by atoms with van der Waals surface area (Å²) in [6.07, 6.45) is 0. The molecule has 2 rings (SSSR count). The highest BCUT2D eigenvalue weighted by Gasteiger charge is 2.40. The highest BCUT2D eigenvalue weighted by atomic mass is 15.4. The maximum absolute atomic E-state index is 2.55. The van der Waals surface area contributed by atoms with Crippen LogP contribution in [0.15, 0.2) is 30.3 Å². The third kappa shape index (κ3) is 2.43. The summed E-state index contributed by atoms with van der Waals surface area (Å²) in [4.78, 5) is 4.85. The zero-order valence-corrected chi connectivity index (χ0v) is 12.2. The fraction of sp³-hybridized carbons (Fsp3) is 0.538. The van der Waals surface area contributed by atoms with Crippen molar-refractivity contribution in [1.82, 2.24) is 9.53 Å². The fourth-order valence-electron chi connectivity index (χ4n) is 2.96. The van der Waals surface area contributed by atoms with Crippen molar-refractivity contribution in [3.8, 4) is 0 Å². The van der Waals surface area contributed by atoms with Crippen LogP contribution in [0.5, 0.6) is 0 Å². The first-order valence-electron chi connectivity index (χ1n) is 6.81. The average molecular weight is 243 g/mol. The minimum atomic E-state index is 0.429. The summed E-state index contributed by atoms with van der Waals surface area (Å²) in [5.74, 6) is 0. The van der Waals surface area contributed by atoms with Crippen molar-refractivity contribution in [2.75, 3.05) is 18.5 Å². The largest absolute Gasteiger partial charge is 0.390 e. The third-order valence-electron chi connectivity index (χ3n) is 4.01. The molecule has 5 heteroatoms. The van der Waals surface area contributed by atoms with Gasteiger partial charge in [0.2, 0.25) is 0 Å². The molecule has 1 aliphatic rings. The van der Waals surface area contributed by atoms with E-state index < -0.39 is 0 Å². The molecule has 0 radical (unpaired) electrons. The molecule has 0 aromatic heterocycles. The minimum absolute atomic E-state index is 0.429. The van der Waals surface area contributed by atoms with Gasteiger partial charge in [-0.05, 0) is 25.2 Å². The SMILES string of the molecule is CB1N(C)CN(c2ccccc2)B(C)N1C(C)C. The Hall–Kier alpha value is -0.930. The van der Waals surface area contributed by atoms with Gasteiger partial charge in [0.1, 0.15) is 0 Å². The molecule has 1 aromatic carbocycles. The summed E-state index contributed by atoms with van der Waals surface area (Å²) in [5.41, 5.74) is 1.30. The lowest BCUT2D eigenvalue weighted by Gasteiger charge is -2.50. The van der Waals surface area contributed by atoms with E-state index in [0.29, 0.717) is 20.0 Å². The predicted molar refractivity (Wildman–Crippen MR) is 81.8 cm³/mol. The van der Waals surface area contributed by atoms with Gasteiger partial charge in [-0.2, -0.15) is 0 Å². The van der Waals surface area contributed by atoms with Crippen LogP contribution >= 0.6 is 0 Å². The molecule has 0 saturated carbocycles. The average Bonchev–Trinajstić information content (AvgIpc) is 2.34. The highest BCUT2D eigenvalue weighted by Crippen LogP contribution is 2.23. The number of nitrogens with zero attached hydrogens (tertiary/aromatic N) is 3. The lowest BCUT2D eigenvalue weighted by atomic mass is 9.56. The molecule has 1 heterocycles. The van der Waals surface area contributed by atoms with Crippen LogP contribution in [-0.4, -0.2) is 43.3 Å². The smallest absolute Gasteiger partial charge is 0.330 e. The number of hydrogen-bond acceptors (Lipinski definition) is 3. The molecule has 1 aliphatic heterocycles. The molecule has 96 valence electrons. The van der Waals surface area contributed by atoms with Gasteiger partial charge in [0.15, 0.2) is 0 Å². The maximum atomic E-state index is 2.55. The first-order valence-corrected chi connectivity index (χ1v) is 6.81. The van der Waals surface area contributed by atoms with Gasteiger partial charge in [0, 0.05) is 5.69 Å². The molecule has 0 spiro atoms. The van der Waals surface area contributed by atoms with E-state index in [2.05, 4.69) is 79.2 Å². The van der Waals surface area contributed by atoms with Crippen molar-refractivity contribution in [2.24, 2.45) is 0 Å². The van der Waals surface area contributed by atoms with E-state index in [1.807, 2.05) is 0 Å². The summed E-state index contributed by atoms with van der Waals surface area (Å²) in [5, 5.41) is 0. The molecule has 0 amide bonds. The Morgan fingerprint density at radius 2 is 1.67 bits per heavy atom. The van der Waals surface area contributed by atoms with Crippen molar-refractivity contribution in [3.63, 3.8) is 0 Å². The standard InChI is InChI=1S/C13H23B2N3/c1-12(2)18-14(3)16(5)11-17(15(18)4)13-9-7-6-8-10-13/h6-10,12H,11H2,1-5H3. The molecule has 1 aromatic rings. The van der Waals surface area contributed by atoms with Crippen LogP contribution in [0.1, 0.15) is 13.8 Å². The second-order valence-corrected chi connectivity index (χ2v) is 5.51. The molecule has 0 unspecified atom stereocenters. The normalized spacial score (nSPS) is 18.9. The van der Waals surface area contributed by atoms with Gasteiger partial charge in [0.25, 0.3) is 6.98 Å². The molecule has 1 fully saturated rings. The first-order chi connectivity index (χ1) is 8.52. The number of para-hydroxylation sites is 1. The second kappa shape index (κ2) is 5.37. The Morgan fingerprint density at radius 1 is 1.06 bits per heavy atom. The van der Waals surface area contributed by atoms with Crippen LogP contribution < -0.4 is 4.81 Å². The predicted octanol–water partition coefficient (Wildman–Crippen LogP) is 2.34. The van der Waals surface area contributed by atoms with E-state index in [-0.39, 0.29) is 0 Å². The number of rotatable bonds is 2. The number of hydrogen-bond donors (Lipinski definition) is 0. The van der Waals surface area contributed by atoms with Crippen LogP contribution in [0.25, 0.3) is 0 Å². The van der Waals surface area contributed by atoms with Gasteiger partial charge in [-0.3, -0.25) is 0 Å². The Balaban J connectivity index is 2.27. The summed E-state index contributed by atoms with van der Waals surface area (Å²) in [6, 6.07) is 11.2. The van der Waals surface area contributed by atoms with Gasteiger partial charge < -0.3 is 14.3 Å². The highest BCUT2D eigenvalue weighted by molar-refractivity contribution is 6.73. The van der Waals surface area contributed by atoms with Crippen LogP contribution in [0.3, 0.4) is 0 Å². The van der Waals surface area contributed by atoms with E-state index in [4.69, 9.17) is 0 Å². The molecule has 1 saturated heterocycles. The van der Waals surface area contributed by atoms with Crippen molar-refractivity contribution in [1.29, 1.82) is 0 Å². The molecular formula is C13H23B2N3. The zero-order valence-electron chi connectivity index (χ0n) is 12.2. The van der Waals surface area contributed by atoms with Crippen molar-refractivity contribution >= 4 is 19.7 Å². The van der Waals surface area contributed by atoms with Gasteiger partial charge in [-0.1, -0.05) is 45.7 Å². The fourth-order valence-corrected chi connectivity index (χ4v) is 2.96. The maximum Gasteiger partial charge on any atom is 0.330 e. The van der Waals surface area contributed by atoms with E-state index in [1.165, 1.54) is 5.69 Å². The zero-order chi connectivity index (χ0) is 13.3. The van der Waals surface area contributed by atoms with E-state index >= 15 is 0 Å². The van der Waals surface area contributed by atoms with E-state index in [0.717, 1.165) is 6.67 Å². The Labute approximate surface area is 112 Å². The Bertz CT molecular complexity index is 385. The summed E-state index contributed by atoms with van der Waals surface area (Å²) in [7, 11) is 2.20. The molecule has 3 nitrogen and oxygen atoms in total. The van der Waals surface area contributed by atoms with Crippen molar-refractivity contribution in [3.05, 3.63) is 30.3 Å². The lowest BCUT2D eigenvalue weighted by Crippen LogP contribution is -2.70. The minimum Gasteiger partial charge on any atom is -0.390 e. The molecule has 0 N–H and O–H groups in total. The lowest BCUT2D eigenvalue weighted by molar-refractivity contribution is 0.406. The topological polar surface area (TPSA) is 9.72 Å². The molecule has 0 aliphatic carbocycles.